The number of amides is 2. The van der Waals surface area contributed by atoms with Gasteiger partial charge in [-0.15, -0.1) is 11.3 Å². The molecule has 1 aliphatic rings. The highest BCUT2D eigenvalue weighted by molar-refractivity contribution is 7.10. The number of benzene rings is 2. The number of nitrogens with zero attached hydrogens (tertiary/aromatic N) is 1. The molecule has 0 radical (unpaired) electrons. The van der Waals surface area contributed by atoms with Crippen LogP contribution in [0.2, 0.25) is 0 Å². The van der Waals surface area contributed by atoms with Gasteiger partial charge in [0.05, 0.1) is 0 Å². The third-order valence-electron chi connectivity index (χ3n) is 4.59. The van der Waals surface area contributed by atoms with Gasteiger partial charge in [-0.3, -0.25) is 0 Å². The SMILES string of the molecule is O=C(NCc1ccccc1)Nc1ccc(N2CCc3sccc3C2)cc1. The molecule has 1 aliphatic heterocycles. The van der Waals surface area contributed by atoms with Crippen LogP contribution in [0.15, 0.2) is 66.0 Å². The van der Waals surface area contributed by atoms with Gasteiger partial charge in [0.15, 0.2) is 0 Å². The summed E-state index contributed by atoms with van der Waals surface area (Å²) in [5, 5.41) is 7.94. The van der Waals surface area contributed by atoms with Crippen LogP contribution < -0.4 is 15.5 Å². The molecule has 4 rings (SSSR count). The molecule has 5 heteroatoms. The molecule has 1 aromatic heterocycles. The van der Waals surface area contributed by atoms with Gasteiger partial charge in [0, 0.05) is 35.9 Å². The van der Waals surface area contributed by atoms with E-state index in [1.54, 1.807) is 0 Å². The number of urea groups is 1. The lowest BCUT2D eigenvalue weighted by molar-refractivity contribution is 0.251. The number of rotatable bonds is 4. The van der Waals surface area contributed by atoms with Crippen LogP contribution in [0.5, 0.6) is 0 Å². The zero-order valence-electron chi connectivity index (χ0n) is 14.4. The number of fused-ring (bicyclic) bond motifs is 1. The first-order chi connectivity index (χ1) is 12.8. The fourth-order valence-corrected chi connectivity index (χ4v) is 4.07. The van der Waals surface area contributed by atoms with Gasteiger partial charge in [-0.1, -0.05) is 30.3 Å². The summed E-state index contributed by atoms with van der Waals surface area (Å²) in [6, 6.07) is 20.0. The molecule has 0 saturated heterocycles. The Bertz CT molecular complexity index is 874. The maximum absolute atomic E-state index is 12.0. The molecular weight excluding hydrogens is 342 g/mol. The number of thiophene rings is 1. The Morgan fingerprint density at radius 1 is 1.04 bits per heavy atom. The first kappa shape index (κ1) is 16.7. The molecule has 0 saturated carbocycles. The van der Waals surface area contributed by atoms with E-state index in [1.165, 1.54) is 16.1 Å². The maximum Gasteiger partial charge on any atom is 0.319 e. The summed E-state index contributed by atoms with van der Waals surface area (Å²) in [6.07, 6.45) is 1.11. The predicted molar refractivity (Wildman–Crippen MR) is 108 cm³/mol. The van der Waals surface area contributed by atoms with Crippen LogP contribution in [0.3, 0.4) is 0 Å². The van der Waals surface area contributed by atoms with Crippen molar-refractivity contribution in [3.8, 4) is 0 Å². The largest absolute Gasteiger partial charge is 0.367 e. The second-order valence-electron chi connectivity index (χ2n) is 6.38. The lowest BCUT2D eigenvalue weighted by Crippen LogP contribution is -2.29. The van der Waals surface area contributed by atoms with Crippen LogP contribution in [-0.2, 0) is 19.5 Å². The summed E-state index contributed by atoms with van der Waals surface area (Å²) in [5.74, 6) is 0. The van der Waals surface area contributed by atoms with Crippen LogP contribution in [0.4, 0.5) is 16.2 Å². The lowest BCUT2D eigenvalue weighted by atomic mass is 10.1. The molecule has 4 nitrogen and oxygen atoms in total. The van der Waals surface area contributed by atoms with Gasteiger partial charge in [0.25, 0.3) is 0 Å². The van der Waals surface area contributed by atoms with E-state index in [0.717, 1.165) is 30.8 Å². The van der Waals surface area contributed by atoms with Crippen LogP contribution in [0, 0.1) is 0 Å². The van der Waals surface area contributed by atoms with Crippen LogP contribution in [0.25, 0.3) is 0 Å². The number of hydrogen-bond donors (Lipinski definition) is 2. The van der Waals surface area contributed by atoms with E-state index in [4.69, 9.17) is 0 Å². The summed E-state index contributed by atoms with van der Waals surface area (Å²) in [7, 11) is 0. The average molecular weight is 363 g/mol. The van der Waals surface area contributed by atoms with E-state index < -0.39 is 0 Å². The van der Waals surface area contributed by atoms with Crippen molar-refractivity contribution >= 4 is 28.7 Å². The highest BCUT2D eigenvalue weighted by atomic mass is 32.1. The molecule has 2 amide bonds. The molecular formula is C21H21N3OS. The molecule has 26 heavy (non-hydrogen) atoms. The van der Waals surface area contributed by atoms with Gasteiger partial charge in [0.1, 0.15) is 0 Å². The molecule has 0 bridgehead atoms. The van der Waals surface area contributed by atoms with Crippen LogP contribution >= 0.6 is 11.3 Å². The Morgan fingerprint density at radius 2 is 1.85 bits per heavy atom. The second-order valence-corrected chi connectivity index (χ2v) is 7.38. The van der Waals surface area contributed by atoms with Gasteiger partial charge in [-0.25, -0.2) is 4.79 Å². The van der Waals surface area contributed by atoms with Crippen molar-refractivity contribution in [3.05, 3.63) is 82.0 Å². The van der Waals surface area contributed by atoms with Crippen LogP contribution in [0.1, 0.15) is 16.0 Å². The van der Waals surface area contributed by atoms with Crippen LogP contribution in [-0.4, -0.2) is 12.6 Å². The molecule has 2 heterocycles. The Balaban J connectivity index is 1.32. The predicted octanol–water partition coefficient (Wildman–Crippen LogP) is 4.63. The molecule has 2 aromatic carbocycles. The number of anilines is 2. The highest BCUT2D eigenvalue weighted by Crippen LogP contribution is 2.28. The summed E-state index contributed by atoms with van der Waals surface area (Å²) in [4.78, 5) is 15.9. The quantitative estimate of drug-likeness (QED) is 0.710. The number of hydrogen-bond acceptors (Lipinski definition) is 3. The monoisotopic (exact) mass is 363 g/mol. The van der Waals surface area contributed by atoms with Crippen molar-refractivity contribution in [2.24, 2.45) is 0 Å². The minimum atomic E-state index is -0.192. The minimum Gasteiger partial charge on any atom is -0.367 e. The van der Waals surface area contributed by atoms with Crippen molar-refractivity contribution in [2.45, 2.75) is 19.5 Å². The normalized spacial score (nSPS) is 13.2. The minimum absolute atomic E-state index is 0.192. The summed E-state index contributed by atoms with van der Waals surface area (Å²) in [6.45, 7) is 2.52. The number of carbonyl (C=O) groups is 1. The average Bonchev–Trinajstić information content (AvgIpc) is 3.16. The Labute approximate surface area is 157 Å². The zero-order chi connectivity index (χ0) is 17.8. The second kappa shape index (κ2) is 7.62. The van der Waals surface area contributed by atoms with Gasteiger partial charge < -0.3 is 15.5 Å². The maximum atomic E-state index is 12.0. The van der Waals surface area contributed by atoms with E-state index in [-0.39, 0.29) is 6.03 Å². The summed E-state index contributed by atoms with van der Waals surface area (Å²) in [5.41, 5.74) is 4.50. The van der Waals surface area contributed by atoms with E-state index in [2.05, 4.69) is 39.1 Å². The van der Waals surface area contributed by atoms with Crippen molar-refractivity contribution in [1.29, 1.82) is 0 Å². The molecule has 0 unspecified atom stereocenters. The smallest absolute Gasteiger partial charge is 0.319 e. The number of nitrogens with one attached hydrogen (secondary N) is 2. The van der Waals surface area contributed by atoms with Crippen molar-refractivity contribution in [3.63, 3.8) is 0 Å². The Kier molecular flexibility index (Phi) is 4.88. The van der Waals surface area contributed by atoms with E-state index >= 15 is 0 Å². The molecule has 2 N–H and O–H groups in total. The topological polar surface area (TPSA) is 44.4 Å². The van der Waals surface area contributed by atoms with Crippen molar-refractivity contribution in [1.82, 2.24) is 5.32 Å². The molecule has 3 aromatic rings. The van der Waals surface area contributed by atoms with Gasteiger partial charge in [-0.05, 0) is 53.3 Å². The van der Waals surface area contributed by atoms with Gasteiger partial charge >= 0.3 is 6.03 Å². The Hall–Kier alpha value is -2.79. The molecule has 0 atom stereocenters. The first-order valence-electron chi connectivity index (χ1n) is 8.77. The lowest BCUT2D eigenvalue weighted by Gasteiger charge is -2.29. The standard InChI is InChI=1S/C21H21N3OS/c25-21(22-14-16-4-2-1-3-5-16)23-18-6-8-19(9-7-18)24-12-10-20-17(15-24)11-13-26-20/h1-9,11,13H,10,12,14-15H2,(H2,22,23,25). The third kappa shape index (κ3) is 3.89. The third-order valence-corrected chi connectivity index (χ3v) is 5.62. The number of carbonyl (C=O) groups excluding carboxylic acids is 1. The Morgan fingerprint density at radius 3 is 2.65 bits per heavy atom. The first-order valence-corrected chi connectivity index (χ1v) is 9.65. The summed E-state index contributed by atoms with van der Waals surface area (Å²) < 4.78 is 0. The fraction of sp³-hybridized carbons (Fsp3) is 0.190. The van der Waals surface area contributed by atoms with Crippen molar-refractivity contribution in [2.75, 3.05) is 16.8 Å². The fourth-order valence-electron chi connectivity index (χ4n) is 3.18. The molecule has 0 spiro atoms. The van der Waals surface area contributed by atoms with E-state index in [0.29, 0.717) is 6.54 Å². The van der Waals surface area contributed by atoms with Gasteiger partial charge in [0.2, 0.25) is 0 Å². The molecule has 0 aliphatic carbocycles. The summed E-state index contributed by atoms with van der Waals surface area (Å²) >= 11 is 1.85. The van der Waals surface area contributed by atoms with E-state index in [1.807, 2.05) is 53.8 Å². The van der Waals surface area contributed by atoms with E-state index in [9.17, 15) is 4.79 Å². The highest BCUT2D eigenvalue weighted by Gasteiger charge is 2.17. The zero-order valence-corrected chi connectivity index (χ0v) is 15.3. The van der Waals surface area contributed by atoms with Gasteiger partial charge in [-0.2, -0.15) is 0 Å². The molecule has 0 fully saturated rings. The molecule has 132 valence electrons. The van der Waals surface area contributed by atoms with Crippen molar-refractivity contribution < 1.29 is 4.79 Å².